The van der Waals surface area contributed by atoms with E-state index < -0.39 is 0 Å². The fourth-order valence-corrected chi connectivity index (χ4v) is 3.66. The predicted octanol–water partition coefficient (Wildman–Crippen LogP) is 3.73. The van der Waals surface area contributed by atoms with Crippen LogP contribution in [0.3, 0.4) is 0 Å². The standard InChI is InChI=1S/C23H29N5O3/c1-15(2)9-10-19-13-21(23-26-25-16(3)31-23)27-28(19)18-7-4-6-17(12-18)22(29)24-14-20-8-5-11-30-20/h4,6-7,12-13,15,20H,5,8-11,14H2,1-3H3,(H,24,29). The molecule has 1 unspecified atom stereocenters. The molecule has 1 aliphatic rings. The summed E-state index contributed by atoms with van der Waals surface area (Å²) in [5.74, 6) is 1.35. The van der Waals surface area contributed by atoms with Crippen LogP contribution >= 0.6 is 0 Å². The molecule has 1 amide bonds. The van der Waals surface area contributed by atoms with E-state index in [-0.39, 0.29) is 12.0 Å². The molecule has 31 heavy (non-hydrogen) atoms. The number of ether oxygens (including phenoxy) is 1. The summed E-state index contributed by atoms with van der Waals surface area (Å²) in [5, 5.41) is 15.7. The molecule has 0 spiro atoms. The molecule has 1 saturated heterocycles. The Balaban J connectivity index is 1.58. The molecule has 1 N–H and O–H groups in total. The lowest BCUT2D eigenvalue weighted by molar-refractivity contribution is 0.0857. The molecule has 2 aromatic heterocycles. The van der Waals surface area contributed by atoms with Gasteiger partial charge in [0.2, 0.25) is 5.89 Å². The molecular weight excluding hydrogens is 394 g/mol. The fourth-order valence-electron chi connectivity index (χ4n) is 3.66. The number of rotatable bonds is 8. The second-order valence-corrected chi connectivity index (χ2v) is 8.39. The van der Waals surface area contributed by atoms with Crippen molar-refractivity contribution in [1.29, 1.82) is 0 Å². The van der Waals surface area contributed by atoms with Crippen LogP contribution in [-0.4, -0.2) is 45.1 Å². The summed E-state index contributed by atoms with van der Waals surface area (Å²) in [6, 6.07) is 9.49. The van der Waals surface area contributed by atoms with Gasteiger partial charge < -0.3 is 14.5 Å². The lowest BCUT2D eigenvalue weighted by atomic mass is 10.1. The Hall–Kier alpha value is -3.00. The maximum atomic E-state index is 12.7. The number of hydrogen-bond donors (Lipinski definition) is 1. The maximum absolute atomic E-state index is 12.7. The molecular formula is C23H29N5O3. The molecule has 0 bridgehead atoms. The van der Waals surface area contributed by atoms with Crippen LogP contribution in [-0.2, 0) is 11.2 Å². The van der Waals surface area contributed by atoms with Gasteiger partial charge in [-0.05, 0) is 55.9 Å². The fraction of sp³-hybridized carbons (Fsp3) is 0.478. The van der Waals surface area contributed by atoms with E-state index in [0.717, 1.165) is 43.7 Å². The number of hydrogen-bond acceptors (Lipinski definition) is 6. The third-order valence-corrected chi connectivity index (χ3v) is 5.37. The summed E-state index contributed by atoms with van der Waals surface area (Å²) in [7, 11) is 0. The molecule has 1 aromatic carbocycles. The van der Waals surface area contributed by atoms with E-state index in [2.05, 4.69) is 29.4 Å². The molecule has 3 aromatic rings. The van der Waals surface area contributed by atoms with Crippen LogP contribution in [0.1, 0.15) is 55.1 Å². The van der Waals surface area contributed by atoms with E-state index in [4.69, 9.17) is 14.3 Å². The minimum atomic E-state index is -0.110. The van der Waals surface area contributed by atoms with Crippen molar-refractivity contribution in [2.75, 3.05) is 13.2 Å². The molecule has 3 heterocycles. The average Bonchev–Trinajstić information content (AvgIpc) is 3.51. The molecule has 1 aliphatic heterocycles. The molecule has 4 rings (SSSR count). The van der Waals surface area contributed by atoms with E-state index in [1.54, 1.807) is 6.92 Å². The summed E-state index contributed by atoms with van der Waals surface area (Å²) in [6.07, 6.45) is 4.03. The Bertz CT molecular complexity index is 1030. The van der Waals surface area contributed by atoms with Gasteiger partial charge in [0.1, 0.15) is 5.69 Å². The minimum Gasteiger partial charge on any atom is -0.420 e. The first-order valence-electron chi connectivity index (χ1n) is 10.9. The van der Waals surface area contributed by atoms with Crippen molar-refractivity contribution in [3.8, 4) is 17.3 Å². The number of amides is 1. The summed E-state index contributed by atoms with van der Waals surface area (Å²) in [4.78, 5) is 12.7. The van der Waals surface area contributed by atoms with Gasteiger partial charge in [-0.1, -0.05) is 19.9 Å². The van der Waals surface area contributed by atoms with Crippen molar-refractivity contribution in [3.05, 3.63) is 47.5 Å². The number of carbonyl (C=O) groups is 1. The van der Waals surface area contributed by atoms with Gasteiger partial charge in [0, 0.05) is 31.3 Å². The van der Waals surface area contributed by atoms with Gasteiger partial charge >= 0.3 is 0 Å². The van der Waals surface area contributed by atoms with Crippen LogP contribution in [0, 0.1) is 12.8 Å². The lowest BCUT2D eigenvalue weighted by Gasteiger charge is -2.12. The van der Waals surface area contributed by atoms with Crippen molar-refractivity contribution < 1.29 is 13.9 Å². The Morgan fingerprint density at radius 1 is 1.29 bits per heavy atom. The van der Waals surface area contributed by atoms with E-state index in [1.807, 2.05) is 35.0 Å². The highest BCUT2D eigenvalue weighted by Crippen LogP contribution is 2.23. The Morgan fingerprint density at radius 2 is 2.16 bits per heavy atom. The van der Waals surface area contributed by atoms with Gasteiger partial charge in [0.05, 0.1) is 11.8 Å². The van der Waals surface area contributed by atoms with Crippen LogP contribution in [0.15, 0.2) is 34.7 Å². The first-order valence-corrected chi connectivity index (χ1v) is 10.9. The van der Waals surface area contributed by atoms with Crippen molar-refractivity contribution in [2.45, 2.75) is 52.6 Å². The first kappa shape index (κ1) is 21.2. The molecule has 0 radical (unpaired) electrons. The Kier molecular flexibility index (Phi) is 6.46. The van der Waals surface area contributed by atoms with Crippen LogP contribution in [0.5, 0.6) is 0 Å². The second kappa shape index (κ2) is 9.43. The lowest BCUT2D eigenvalue weighted by Crippen LogP contribution is -2.31. The van der Waals surface area contributed by atoms with Gasteiger partial charge in [0.25, 0.3) is 11.8 Å². The molecule has 0 aliphatic carbocycles. The van der Waals surface area contributed by atoms with E-state index in [9.17, 15) is 4.79 Å². The topological polar surface area (TPSA) is 95.1 Å². The first-order chi connectivity index (χ1) is 15.0. The zero-order valence-electron chi connectivity index (χ0n) is 18.3. The van der Waals surface area contributed by atoms with Gasteiger partial charge in [-0.25, -0.2) is 4.68 Å². The number of benzene rings is 1. The van der Waals surface area contributed by atoms with Crippen molar-refractivity contribution in [3.63, 3.8) is 0 Å². The molecule has 1 atom stereocenters. The van der Waals surface area contributed by atoms with E-state index in [1.165, 1.54) is 0 Å². The zero-order chi connectivity index (χ0) is 21.8. The molecule has 164 valence electrons. The van der Waals surface area contributed by atoms with E-state index >= 15 is 0 Å². The van der Waals surface area contributed by atoms with Crippen LogP contribution < -0.4 is 5.32 Å². The smallest absolute Gasteiger partial charge is 0.268 e. The van der Waals surface area contributed by atoms with Gasteiger partial charge in [-0.2, -0.15) is 5.10 Å². The normalized spacial score (nSPS) is 16.2. The van der Waals surface area contributed by atoms with Crippen molar-refractivity contribution >= 4 is 5.91 Å². The highest BCUT2D eigenvalue weighted by Gasteiger charge is 2.19. The predicted molar refractivity (Wildman–Crippen MR) is 116 cm³/mol. The zero-order valence-corrected chi connectivity index (χ0v) is 18.3. The number of aryl methyl sites for hydroxylation is 2. The summed E-state index contributed by atoms with van der Waals surface area (Å²) >= 11 is 0. The van der Waals surface area contributed by atoms with Gasteiger partial charge in [0.15, 0.2) is 0 Å². The molecule has 8 nitrogen and oxygen atoms in total. The second-order valence-electron chi connectivity index (χ2n) is 8.39. The van der Waals surface area contributed by atoms with Crippen LogP contribution in [0.4, 0.5) is 0 Å². The molecule has 8 heteroatoms. The minimum absolute atomic E-state index is 0.110. The van der Waals surface area contributed by atoms with Gasteiger partial charge in [-0.15, -0.1) is 10.2 Å². The van der Waals surface area contributed by atoms with Gasteiger partial charge in [-0.3, -0.25) is 4.79 Å². The Labute approximate surface area is 182 Å². The summed E-state index contributed by atoms with van der Waals surface area (Å²) in [5.41, 5.74) is 3.09. The summed E-state index contributed by atoms with van der Waals surface area (Å²) in [6.45, 7) is 7.46. The van der Waals surface area contributed by atoms with E-state index in [0.29, 0.717) is 35.5 Å². The summed E-state index contributed by atoms with van der Waals surface area (Å²) < 4.78 is 13.0. The quantitative estimate of drug-likeness (QED) is 0.593. The van der Waals surface area contributed by atoms with Crippen molar-refractivity contribution in [2.24, 2.45) is 5.92 Å². The molecule has 1 fully saturated rings. The highest BCUT2D eigenvalue weighted by molar-refractivity contribution is 5.94. The number of aromatic nitrogens is 4. The largest absolute Gasteiger partial charge is 0.420 e. The third-order valence-electron chi connectivity index (χ3n) is 5.37. The number of carbonyl (C=O) groups excluding carboxylic acids is 1. The Morgan fingerprint density at radius 3 is 2.87 bits per heavy atom. The monoisotopic (exact) mass is 423 g/mol. The highest BCUT2D eigenvalue weighted by atomic mass is 16.5. The third kappa shape index (κ3) is 5.19. The maximum Gasteiger partial charge on any atom is 0.268 e. The van der Waals surface area contributed by atoms with Crippen molar-refractivity contribution in [1.82, 2.24) is 25.3 Å². The van der Waals surface area contributed by atoms with Crippen LogP contribution in [0.2, 0.25) is 0 Å². The van der Waals surface area contributed by atoms with Crippen LogP contribution in [0.25, 0.3) is 17.3 Å². The average molecular weight is 424 g/mol. The SMILES string of the molecule is Cc1nnc(-c2cc(CCC(C)C)n(-c3cccc(C(=O)NCC4CCCO4)c3)n2)o1. The number of nitrogens with one attached hydrogen (secondary N) is 1. The number of nitrogens with zero attached hydrogens (tertiary/aromatic N) is 4. The molecule has 0 saturated carbocycles.